The van der Waals surface area contributed by atoms with Crippen molar-refractivity contribution in [2.45, 2.75) is 26.7 Å². The highest BCUT2D eigenvalue weighted by molar-refractivity contribution is 6.25. The molecule has 30 heavy (non-hydrogen) atoms. The number of nitrogens with one attached hydrogen (secondary N) is 1. The van der Waals surface area contributed by atoms with E-state index in [9.17, 15) is 14.4 Å². The van der Waals surface area contributed by atoms with E-state index in [1.807, 2.05) is 19.9 Å². The van der Waals surface area contributed by atoms with Crippen molar-refractivity contribution in [1.29, 1.82) is 0 Å². The van der Waals surface area contributed by atoms with Gasteiger partial charge in [-0.3, -0.25) is 14.4 Å². The maximum Gasteiger partial charge on any atom is 0.257 e. The Kier molecular flexibility index (Phi) is 5.40. The highest BCUT2D eigenvalue weighted by Crippen LogP contribution is 2.40. The van der Waals surface area contributed by atoms with Crippen LogP contribution >= 0.6 is 0 Å². The van der Waals surface area contributed by atoms with Gasteiger partial charge in [0.2, 0.25) is 11.8 Å². The third kappa shape index (κ3) is 3.61. The largest absolute Gasteiger partial charge is 0.494 e. The van der Waals surface area contributed by atoms with E-state index in [1.165, 1.54) is 4.90 Å². The first-order valence-corrected chi connectivity index (χ1v) is 10.2. The average Bonchev–Trinajstić information content (AvgIpc) is 2.99. The zero-order valence-corrected chi connectivity index (χ0v) is 17.1. The highest BCUT2D eigenvalue weighted by atomic mass is 16.5. The number of amides is 3. The molecule has 0 aromatic heterocycles. The first-order chi connectivity index (χ1) is 14.5. The van der Waals surface area contributed by atoms with Gasteiger partial charge in [0.1, 0.15) is 5.75 Å². The fourth-order valence-corrected chi connectivity index (χ4v) is 4.14. The van der Waals surface area contributed by atoms with Gasteiger partial charge in [0, 0.05) is 5.69 Å². The second kappa shape index (κ2) is 8.14. The predicted octanol–water partition coefficient (Wildman–Crippen LogP) is 4.18. The Morgan fingerprint density at radius 2 is 1.77 bits per heavy atom. The third-order valence-corrected chi connectivity index (χ3v) is 5.64. The number of imide groups is 1. The number of nitrogens with zero attached hydrogens (tertiary/aromatic N) is 1. The Bertz CT molecular complexity index is 1030. The van der Waals surface area contributed by atoms with Crippen LogP contribution in [0.1, 0.15) is 37.0 Å². The quantitative estimate of drug-likeness (QED) is 0.599. The summed E-state index contributed by atoms with van der Waals surface area (Å²) in [5.41, 5.74) is 2.35. The van der Waals surface area contributed by atoms with E-state index in [1.54, 1.807) is 48.5 Å². The summed E-state index contributed by atoms with van der Waals surface area (Å²) >= 11 is 0. The minimum Gasteiger partial charge on any atom is -0.494 e. The summed E-state index contributed by atoms with van der Waals surface area (Å²) in [5.74, 6) is -0.794. The number of hydrogen-bond donors (Lipinski definition) is 1. The number of anilines is 2. The summed E-state index contributed by atoms with van der Waals surface area (Å²) in [5, 5.41) is 2.84. The number of carbonyl (C=O) groups is 3. The standard InChI is InChI=1S/C24H24N2O4/c1-3-30-17-11-9-16(10-12-17)25-22(27)19-6-4-5-7-21(19)26-23(28)18-13-8-15(2)14-20(18)24(26)29/h4-12,18,20H,3,13-14H2,1-2H3,(H,25,27)/t18-,20-/m0/s1. The molecule has 0 unspecified atom stereocenters. The van der Waals surface area contributed by atoms with Gasteiger partial charge in [-0.2, -0.15) is 0 Å². The maximum absolute atomic E-state index is 13.1. The van der Waals surface area contributed by atoms with Crippen LogP contribution in [0.15, 0.2) is 60.2 Å². The molecule has 1 aliphatic carbocycles. The summed E-state index contributed by atoms with van der Waals surface area (Å²) in [6.45, 7) is 4.45. The van der Waals surface area contributed by atoms with Gasteiger partial charge in [-0.15, -0.1) is 0 Å². The Morgan fingerprint density at radius 3 is 2.50 bits per heavy atom. The number of para-hydroxylation sites is 1. The molecule has 1 N–H and O–H groups in total. The van der Waals surface area contributed by atoms with Crippen LogP contribution < -0.4 is 15.0 Å². The van der Waals surface area contributed by atoms with Crippen LogP contribution in [0.5, 0.6) is 5.75 Å². The molecule has 1 aliphatic heterocycles. The van der Waals surface area contributed by atoms with Gasteiger partial charge in [0.15, 0.2) is 0 Å². The van der Waals surface area contributed by atoms with E-state index in [0.29, 0.717) is 30.8 Å². The molecule has 3 amide bonds. The number of rotatable bonds is 5. The van der Waals surface area contributed by atoms with Crippen molar-refractivity contribution >= 4 is 29.1 Å². The van der Waals surface area contributed by atoms with Crippen molar-refractivity contribution in [3.8, 4) is 5.75 Å². The second-order valence-electron chi connectivity index (χ2n) is 7.64. The average molecular weight is 404 g/mol. The lowest BCUT2D eigenvalue weighted by Crippen LogP contribution is -2.33. The van der Waals surface area contributed by atoms with Crippen LogP contribution in [0.4, 0.5) is 11.4 Å². The van der Waals surface area contributed by atoms with Gasteiger partial charge < -0.3 is 10.1 Å². The summed E-state index contributed by atoms with van der Waals surface area (Å²) in [7, 11) is 0. The zero-order valence-electron chi connectivity index (χ0n) is 17.1. The van der Waals surface area contributed by atoms with E-state index in [-0.39, 0.29) is 35.1 Å². The summed E-state index contributed by atoms with van der Waals surface area (Å²) in [6, 6.07) is 13.8. The number of benzene rings is 2. The van der Waals surface area contributed by atoms with E-state index >= 15 is 0 Å². The molecule has 6 nitrogen and oxygen atoms in total. The minimum atomic E-state index is -0.375. The molecular formula is C24H24N2O4. The molecule has 2 atom stereocenters. The topological polar surface area (TPSA) is 75.7 Å². The van der Waals surface area contributed by atoms with E-state index < -0.39 is 0 Å². The van der Waals surface area contributed by atoms with Crippen LogP contribution in [-0.2, 0) is 9.59 Å². The van der Waals surface area contributed by atoms with Crippen molar-refractivity contribution in [1.82, 2.24) is 0 Å². The Labute approximate surface area is 175 Å². The molecule has 0 bridgehead atoms. The Morgan fingerprint density at radius 1 is 1.07 bits per heavy atom. The molecule has 154 valence electrons. The first kappa shape index (κ1) is 19.9. The molecule has 2 aliphatic rings. The molecular weight excluding hydrogens is 380 g/mol. The van der Waals surface area contributed by atoms with Gasteiger partial charge in [-0.1, -0.05) is 23.8 Å². The smallest absolute Gasteiger partial charge is 0.257 e. The second-order valence-corrected chi connectivity index (χ2v) is 7.64. The van der Waals surface area contributed by atoms with Crippen LogP contribution in [0, 0.1) is 11.8 Å². The molecule has 4 rings (SSSR count). The van der Waals surface area contributed by atoms with Crippen LogP contribution in [0.25, 0.3) is 0 Å². The SMILES string of the molecule is CCOc1ccc(NC(=O)c2ccccc2N2C(=O)[C@H]3CC=C(C)C[C@@H]3C2=O)cc1. The molecule has 1 saturated heterocycles. The molecule has 0 spiro atoms. The lowest BCUT2D eigenvalue weighted by molar-refractivity contribution is -0.122. The van der Waals surface area contributed by atoms with Crippen LogP contribution in [0.2, 0.25) is 0 Å². The van der Waals surface area contributed by atoms with Gasteiger partial charge in [-0.05, 0) is 63.1 Å². The fraction of sp³-hybridized carbons (Fsp3) is 0.292. The molecule has 2 aromatic carbocycles. The Balaban J connectivity index is 1.59. The van der Waals surface area contributed by atoms with Crippen molar-refractivity contribution in [2.24, 2.45) is 11.8 Å². The normalized spacial score (nSPS) is 20.6. The molecule has 2 aromatic rings. The number of ether oxygens (including phenoxy) is 1. The molecule has 1 heterocycles. The lowest BCUT2D eigenvalue weighted by atomic mass is 9.82. The van der Waals surface area contributed by atoms with Gasteiger partial charge >= 0.3 is 0 Å². The van der Waals surface area contributed by atoms with E-state index in [4.69, 9.17) is 4.74 Å². The van der Waals surface area contributed by atoms with Crippen molar-refractivity contribution in [3.05, 3.63) is 65.7 Å². The molecule has 1 fully saturated rings. The number of allylic oxidation sites excluding steroid dienone is 2. The van der Waals surface area contributed by atoms with Crippen LogP contribution in [0.3, 0.4) is 0 Å². The van der Waals surface area contributed by atoms with Gasteiger partial charge in [0.05, 0.1) is 29.7 Å². The molecule has 6 heteroatoms. The fourth-order valence-electron chi connectivity index (χ4n) is 4.14. The van der Waals surface area contributed by atoms with E-state index in [2.05, 4.69) is 5.32 Å². The van der Waals surface area contributed by atoms with E-state index in [0.717, 1.165) is 11.3 Å². The van der Waals surface area contributed by atoms with Gasteiger partial charge in [-0.25, -0.2) is 4.90 Å². The van der Waals surface area contributed by atoms with Crippen molar-refractivity contribution in [2.75, 3.05) is 16.8 Å². The summed E-state index contributed by atoms with van der Waals surface area (Å²) in [4.78, 5) is 40.3. The summed E-state index contributed by atoms with van der Waals surface area (Å²) in [6.07, 6.45) is 3.19. The van der Waals surface area contributed by atoms with Crippen molar-refractivity contribution < 1.29 is 19.1 Å². The lowest BCUT2D eigenvalue weighted by Gasteiger charge is -2.19. The summed E-state index contributed by atoms with van der Waals surface area (Å²) < 4.78 is 5.42. The number of hydrogen-bond acceptors (Lipinski definition) is 4. The first-order valence-electron chi connectivity index (χ1n) is 10.2. The third-order valence-electron chi connectivity index (χ3n) is 5.64. The monoisotopic (exact) mass is 404 g/mol. The predicted molar refractivity (Wildman–Crippen MR) is 114 cm³/mol. The highest BCUT2D eigenvalue weighted by Gasteiger charge is 2.49. The van der Waals surface area contributed by atoms with Crippen LogP contribution in [-0.4, -0.2) is 24.3 Å². The Hall–Kier alpha value is -3.41. The van der Waals surface area contributed by atoms with Gasteiger partial charge in [0.25, 0.3) is 5.91 Å². The number of fused-ring (bicyclic) bond motifs is 1. The van der Waals surface area contributed by atoms with Crippen molar-refractivity contribution in [3.63, 3.8) is 0 Å². The minimum absolute atomic E-state index is 0.223. The maximum atomic E-state index is 13.1. The molecule has 0 saturated carbocycles. The zero-order chi connectivity index (χ0) is 21.3. The molecule has 0 radical (unpaired) electrons. The number of carbonyl (C=O) groups excluding carboxylic acids is 3.